The van der Waals surface area contributed by atoms with Gasteiger partial charge in [0, 0.05) is 6.20 Å². The highest BCUT2D eigenvalue weighted by molar-refractivity contribution is 5.93. The fraction of sp³-hybridized carbons (Fsp3) is 0.261. The van der Waals surface area contributed by atoms with Gasteiger partial charge in [0.15, 0.2) is 11.5 Å². The zero-order chi connectivity index (χ0) is 21.5. The first-order valence-corrected chi connectivity index (χ1v) is 9.77. The van der Waals surface area contributed by atoms with Crippen LogP contribution in [0, 0.1) is 0 Å². The molecule has 156 valence electrons. The van der Waals surface area contributed by atoms with Crippen LogP contribution in [-0.4, -0.2) is 27.6 Å². The third-order valence-electron chi connectivity index (χ3n) is 4.68. The molecule has 3 aromatic rings. The summed E-state index contributed by atoms with van der Waals surface area (Å²) in [5.74, 6) is 0.536. The van der Waals surface area contributed by atoms with E-state index in [1.54, 1.807) is 30.1 Å². The summed E-state index contributed by atoms with van der Waals surface area (Å²) >= 11 is 0. The normalized spacial score (nSPS) is 15.1. The number of ether oxygens (including phenoxy) is 2. The Balaban J connectivity index is 0.000000806. The van der Waals surface area contributed by atoms with Crippen molar-refractivity contribution in [2.45, 2.75) is 32.8 Å². The van der Waals surface area contributed by atoms with Crippen LogP contribution < -0.4 is 14.8 Å². The quantitative estimate of drug-likeness (QED) is 0.626. The Hall–Kier alpha value is -3.61. The van der Waals surface area contributed by atoms with E-state index in [0.29, 0.717) is 29.3 Å². The molecule has 1 aliphatic heterocycles. The zero-order valence-electron chi connectivity index (χ0n) is 17.5. The monoisotopic (exact) mass is 406 g/mol. The van der Waals surface area contributed by atoms with Crippen molar-refractivity contribution in [3.63, 3.8) is 0 Å². The molecule has 0 spiro atoms. The van der Waals surface area contributed by atoms with Crippen molar-refractivity contribution in [2.75, 3.05) is 7.11 Å². The van der Waals surface area contributed by atoms with Crippen LogP contribution >= 0.6 is 0 Å². The number of aromatic nitrogens is 3. The van der Waals surface area contributed by atoms with Crippen LogP contribution in [0.1, 0.15) is 37.4 Å². The first kappa shape index (κ1) is 21.1. The second-order valence-corrected chi connectivity index (χ2v) is 6.66. The second-order valence-electron chi connectivity index (χ2n) is 6.66. The molecule has 3 heterocycles. The Labute approximate surface area is 176 Å². The number of hydrogen-bond acceptors (Lipinski definition) is 5. The lowest BCUT2D eigenvalue weighted by Gasteiger charge is -2.13. The van der Waals surface area contributed by atoms with Crippen molar-refractivity contribution < 1.29 is 14.3 Å². The van der Waals surface area contributed by atoms with Gasteiger partial charge in [-0.1, -0.05) is 43.3 Å². The first-order valence-electron chi connectivity index (χ1n) is 9.77. The van der Waals surface area contributed by atoms with Gasteiger partial charge in [-0.2, -0.15) is 5.10 Å². The minimum Gasteiger partial charge on any atom is -0.491 e. The molecule has 2 aromatic heterocycles. The summed E-state index contributed by atoms with van der Waals surface area (Å²) in [5.41, 5.74) is 3.28. The van der Waals surface area contributed by atoms with Crippen molar-refractivity contribution in [3.8, 4) is 11.5 Å². The highest BCUT2D eigenvalue weighted by Crippen LogP contribution is 2.40. The highest BCUT2D eigenvalue weighted by atomic mass is 16.5. The molecule has 0 aliphatic carbocycles. The molecule has 4 rings (SSSR count). The molecule has 0 radical (unpaired) electrons. The molecule has 0 fully saturated rings. The van der Waals surface area contributed by atoms with Crippen molar-refractivity contribution in [3.05, 3.63) is 78.5 Å². The molecule has 1 unspecified atom stereocenters. The van der Waals surface area contributed by atoms with Crippen LogP contribution in [0.15, 0.2) is 67.3 Å². The van der Waals surface area contributed by atoms with E-state index < -0.39 is 5.92 Å². The van der Waals surface area contributed by atoms with E-state index in [2.05, 4.69) is 22.0 Å². The van der Waals surface area contributed by atoms with E-state index in [4.69, 9.17) is 9.47 Å². The fourth-order valence-corrected chi connectivity index (χ4v) is 3.34. The van der Waals surface area contributed by atoms with Crippen LogP contribution in [0.25, 0.3) is 5.52 Å². The molecule has 0 saturated heterocycles. The fourth-order valence-electron chi connectivity index (χ4n) is 3.34. The van der Waals surface area contributed by atoms with Gasteiger partial charge in [-0.15, -0.1) is 6.58 Å². The standard InChI is InChI=1S/C20H20N4O3.C3H6/c1-3-14-9-21-20(25)16(14)17-18-19(26-2)15(10-24(18)23-12-22-17)27-11-13-7-5-4-6-8-13;1-3-2/h4-10,12,16H,3,11H2,1-2H3,(H,21,25);3H,1H2,2H3. The Kier molecular flexibility index (Phi) is 6.85. The van der Waals surface area contributed by atoms with E-state index >= 15 is 0 Å². The molecule has 0 bridgehead atoms. The van der Waals surface area contributed by atoms with Gasteiger partial charge in [-0.25, -0.2) is 9.50 Å². The van der Waals surface area contributed by atoms with Gasteiger partial charge >= 0.3 is 0 Å². The minimum absolute atomic E-state index is 0.0949. The maximum atomic E-state index is 12.4. The highest BCUT2D eigenvalue weighted by Gasteiger charge is 2.33. The maximum absolute atomic E-state index is 12.4. The Morgan fingerprint density at radius 2 is 2.03 bits per heavy atom. The van der Waals surface area contributed by atoms with Crippen LogP contribution in [0.2, 0.25) is 0 Å². The van der Waals surface area contributed by atoms with E-state index in [0.717, 1.165) is 17.6 Å². The number of allylic oxidation sites excluding steroid dienone is 1. The van der Waals surface area contributed by atoms with Crippen LogP contribution in [0.3, 0.4) is 0 Å². The lowest BCUT2D eigenvalue weighted by Crippen LogP contribution is -2.20. The predicted octanol–water partition coefficient (Wildman–Crippen LogP) is 4.02. The first-order chi connectivity index (χ1) is 14.6. The lowest BCUT2D eigenvalue weighted by molar-refractivity contribution is -0.120. The number of hydrogen-bond donors (Lipinski definition) is 1. The van der Waals surface area contributed by atoms with Gasteiger partial charge in [0.05, 0.1) is 19.0 Å². The van der Waals surface area contributed by atoms with Crippen LogP contribution in [0.5, 0.6) is 11.5 Å². The number of nitrogens with zero attached hydrogens (tertiary/aromatic N) is 3. The van der Waals surface area contributed by atoms with E-state index in [1.807, 2.05) is 44.2 Å². The van der Waals surface area contributed by atoms with Crippen molar-refractivity contribution in [1.82, 2.24) is 19.9 Å². The molecule has 30 heavy (non-hydrogen) atoms. The topological polar surface area (TPSA) is 77.8 Å². The summed E-state index contributed by atoms with van der Waals surface area (Å²) in [7, 11) is 1.58. The second kappa shape index (κ2) is 9.73. The summed E-state index contributed by atoms with van der Waals surface area (Å²) in [6.07, 6.45) is 7.46. The average molecular weight is 406 g/mol. The van der Waals surface area contributed by atoms with Crippen molar-refractivity contribution in [1.29, 1.82) is 0 Å². The molecule has 1 atom stereocenters. The molecule has 1 amide bonds. The lowest BCUT2D eigenvalue weighted by atomic mass is 9.95. The van der Waals surface area contributed by atoms with Crippen LogP contribution in [-0.2, 0) is 11.4 Å². The Morgan fingerprint density at radius 1 is 1.30 bits per heavy atom. The number of amides is 1. The number of benzene rings is 1. The summed E-state index contributed by atoms with van der Waals surface area (Å²) in [5, 5.41) is 7.05. The summed E-state index contributed by atoms with van der Waals surface area (Å²) in [6, 6.07) is 9.88. The van der Waals surface area contributed by atoms with Gasteiger partial charge in [0.1, 0.15) is 24.4 Å². The third kappa shape index (κ3) is 4.20. The Morgan fingerprint density at radius 3 is 2.70 bits per heavy atom. The van der Waals surface area contributed by atoms with Gasteiger partial charge < -0.3 is 14.8 Å². The van der Waals surface area contributed by atoms with E-state index in [9.17, 15) is 4.79 Å². The summed E-state index contributed by atoms with van der Waals surface area (Å²) < 4.78 is 13.2. The number of methoxy groups -OCH3 is 1. The molecule has 1 aliphatic rings. The number of nitrogens with one attached hydrogen (secondary N) is 1. The van der Waals surface area contributed by atoms with Crippen molar-refractivity contribution >= 4 is 11.4 Å². The molecular weight excluding hydrogens is 380 g/mol. The molecule has 7 nitrogen and oxygen atoms in total. The molecular formula is C23H26N4O3. The maximum Gasteiger partial charge on any atom is 0.237 e. The Bertz CT molecular complexity index is 1060. The molecule has 7 heteroatoms. The summed E-state index contributed by atoms with van der Waals surface area (Å²) in [6.45, 7) is 7.67. The van der Waals surface area contributed by atoms with Gasteiger partial charge in [-0.3, -0.25) is 4.79 Å². The summed E-state index contributed by atoms with van der Waals surface area (Å²) in [4.78, 5) is 16.8. The average Bonchev–Trinajstić information content (AvgIpc) is 3.33. The van der Waals surface area contributed by atoms with Crippen LogP contribution in [0.4, 0.5) is 0 Å². The van der Waals surface area contributed by atoms with E-state index in [-0.39, 0.29) is 5.91 Å². The SMILES string of the molecule is C=CC.CCC1=CNC(=O)C1c1ncnn2cc(OCc3ccccc3)c(OC)c12. The van der Waals surface area contributed by atoms with Gasteiger partial charge in [0.25, 0.3) is 0 Å². The van der Waals surface area contributed by atoms with E-state index in [1.165, 1.54) is 6.33 Å². The molecule has 1 aromatic carbocycles. The minimum atomic E-state index is -0.453. The van der Waals surface area contributed by atoms with Crippen molar-refractivity contribution in [2.24, 2.45) is 0 Å². The largest absolute Gasteiger partial charge is 0.491 e. The number of carbonyl (C=O) groups excluding carboxylic acids is 1. The number of fused-ring (bicyclic) bond motifs is 1. The van der Waals surface area contributed by atoms with Gasteiger partial charge in [0.2, 0.25) is 5.91 Å². The molecule has 1 N–H and O–H groups in total. The smallest absolute Gasteiger partial charge is 0.237 e. The predicted molar refractivity (Wildman–Crippen MR) is 115 cm³/mol. The van der Waals surface area contributed by atoms with Gasteiger partial charge in [-0.05, 0) is 24.5 Å². The molecule has 0 saturated carbocycles. The number of carbonyl (C=O) groups is 1. The zero-order valence-corrected chi connectivity index (χ0v) is 17.5. The number of rotatable bonds is 6. The third-order valence-corrected chi connectivity index (χ3v) is 4.68.